The van der Waals surface area contributed by atoms with Crippen molar-refractivity contribution in [3.63, 3.8) is 0 Å². The summed E-state index contributed by atoms with van der Waals surface area (Å²) in [7, 11) is 0. The normalized spacial score (nSPS) is 18.2. The van der Waals surface area contributed by atoms with E-state index in [-0.39, 0.29) is 54.3 Å². The first kappa shape index (κ1) is 27.9. The van der Waals surface area contributed by atoms with Crippen molar-refractivity contribution in [2.24, 2.45) is 5.92 Å². The monoisotopic (exact) mass is 555 g/mol. The second kappa shape index (κ2) is 10.8. The quantitative estimate of drug-likeness (QED) is 0.362. The fraction of sp³-hybridized carbons (Fsp3) is 0.483. The van der Waals surface area contributed by atoms with E-state index in [9.17, 15) is 22.8 Å². The Hall–Kier alpha value is -3.60. The van der Waals surface area contributed by atoms with Crippen molar-refractivity contribution in [1.82, 2.24) is 20.0 Å². The number of aromatic nitrogens is 3. The number of halogens is 3. The van der Waals surface area contributed by atoms with Crippen LogP contribution in [0.25, 0.3) is 11.1 Å². The summed E-state index contributed by atoms with van der Waals surface area (Å²) < 4.78 is 45.3. The van der Waals surface area contributed by atoms with Crippen LogP contribution in [0.5, 0.6) is 0 Å². The van der Waals surface area contributed by atoms with E-state index >= 15 is 0 Å². The SMILES string of the molecule is CC(C)(C)c1noc(C(=O)C[C@@H]2CCN(CC(F)(F)F)Cc3cc(-c4ccnc(NC(=O)C5CC5)c4)ccc32)n1. The molecule has 0 spiro atoms. The van der Waals surface area contributed by atoms with Gasteiger partial charge in [0.15, 0.2) is 5.82 Å². The van der Waals surface area contributed by atoms with E-state index in [2.05, 4.69) is 20.4 Å². The average molecular weight is 556 g/mol. The van der Waals surface area contributed by atoms with E-state index in [0.717, 1.165) is 35.1 Å². The third-order valence-corrected chi connectivity index (χ3v) is 7.23. The summed E-state index contributed by atoms with van der Waals surface area (Å²) in [6.07, 6.45) is -0.583. The Bertz CT molecular complexity index is 1410. The van der Waals surface area contributed by atoms with Crippen LogP contribution in [0, 0.1) is 5.92 Å². The molecule has 1 fully saturated rings. The second-order valence-electron chi connectivity index (χ2n) is 11.7. The molecule has 3 aromatic rings. The van der Waals surface area contributed by atoms with Gasteiger partial charge in [0, 0.05) is 30.5 Å². The van der Waals surface area contributed by atoms with Crippen LogP contribution in [0.2, 0.25) is 0 Å². The molecule has 11 heteroatoms. The minimum atomic E-state index is -4.35. The Labute approximate surface area is 230 Å². The number of carbonyl (C=O) groups excluding carboxylic acids is 2. The van der Waals surface area contributed by atoms with Gasteiger partial charge in [0.2, 0.25) is 11.7 Å². The fourth-order valence-corrected chi connectivity index (χ4v) is 4.94. The molecule has 0 bridgehead atoms. The van der Waals surface area contributed by atoms with Crippen LogP contribution in [0.4, 0.5) is 19.0 Å². The number of Topliss-reactive ketones (excluding diaryl/α,β-unsaturated/α-hetero) is 1. The van der Waals surface area contributed by atoms with Gasteiger partial charge in [-0.2, -0.15) is 18.2 Å². The zero-order chi connectivity index (χ0) is 28.7. The lowest BCUT2D eigenvalue weighted by Gasteiger charge is -2.22. The smallest absolute Gasteiger partial charge is 0.331 e. The van der Waals surface area contributed by atoms with Gasteiger partial charge in [0.1, 0.15) is 5.82 Å². The molecule has 0 unspecified atom stereocenters. The molecule has 3 heterocycles. The summed E-state index contributed by atoms with van der Waals surface area (Å²) in [5.41, 5.74) is 2.73. The first-order valence-electron chi connectivity index (χ1n) is 13.4. The highest BCUT2D eigenvalue weighted by atomic mass is 19.4. The third kappa shape index (κ3) is 6.75. The van der Waals surface area contributed by atoms with Crippen molar-refractivity contribution in [2.75, 3.05) is 18.4 Å². The van der Waals surface area contributed by atoms with Crippen LogP contribution < -0.4 is 5.32 Å². The predicted molar refractivity (Wildman–Crippen MR) is 142 cm³/mol. The van der Waals surface area contributed by atoms with Gasteiger partial charge in [-0.3, -0.25) is 14.5 Å². The highest BCUT2D eigenvalue weighted by Gasteiger charge is 2.34. The number of ketones is 1. The Morgan fingerprint density at radius 3 is 2.50 bits per heavy atom. The maximum absolute atomic E-state index is 13.4. The number of rotatable bonds is 7. The van der Waals surface area contributed by atoms with E-state index in [0.29, 0.717) is 18.1 Å². The maximum Gasteiger partial charge on any atom is 0.401 e. The summed E-state index contributed by atoms with van der Waals surface area (Å²) in [5, 5.41) is 6.76. The van der Waals surface area contributed by atoms with Crippen molar-refractivity contribution < 1.29 is 27.3 Å². The number of hydrogen-bond donors (Lipinski definition) is 1. The van der Waals surface area contributed by atoms with E-state index in [1.165, 1.54) is 4.90 Å². The zero-order valence-corrected chi connectivity index (χ0v) is 22.7. The first-order valence-corrected chi connectivity index (χ1v) is 13.4. The molecule has 1 atom stereocenters. The number of nitrogens with zero attached hydrogens (tertiary/aromatic N) is 4. The van der Waals surface area contributed by atoms with Gasteiger partial charge >= 0.3 is 6.18 Å². The lowest BCUT2D eigenvalue weighted by molar-refractivity contribution is -0.147. The van der Waals surface area contributed by atoms with Crippen LogP contribution in [-0.4, -0.2) is 51.0 Å². The molecule has 1 N–H and O–H groups in total. The number of nitrogens with one attached hydrogen (secondary N) is 1. The summed E-state index contributed by atoms with van der Waals surface area (Å²) in [6.45, 7) is 4.97. The number of anilines is 1. The molecule has 1 amide bonds. The van der Waals surface area contributed by atoms with Gasteiger partial charge in [-0.15, -0.1) is 0 Å². The van der Waals surface area contributed by atoms with Crippen molar-refractivity contribution in [2.45, 2.75) is 70.5 Å². The molecule has 1 aromatic carbocycles. The molecule has 0 saturated heterocycles. The third-order valence-electron chi connectivity index (χ3n) is 7.23. The van der Waals surface area contributed by atoms with Crippen molar-refractivity contribution in [1.29, 1.82) is 0 Å². The van der Waals surface area contributed by atoms with Crippen LogP contribution in [-0.2, 0) is 16.8 Å². The molecule has 2 aromatic heterocycles. The zero-order valence-electron chi connectivity index (χ0n) is 22.7. The molecule has 5 rings (SSSR count). The standard InChI is InChI=1S/C29H32F3N5O3/c1-28(2,3)27-35-26(40-36-27)23(38)13-20-9-11-37(16-29(30,31)32)15-21-12-18(6-7-22(20)21)19-8-10-33-24(14-19)34-25(39)17-4-5-17/h6-8,10,12,14,17,20H,4-5,9,11,13,15-16H2,1-3H3,(H,33,34,39)/t20-/m0/s1. The topological polar surface area (TPSA) is 101 Å². The number of alkyl halides is 3. The molecule has 1 saturated carbocycles. The molecular formula is C29H32F3N5O3. The molecule has 2 aliphatic rings. The van der Waals surface area contributed by atoms with Crippen LogP contribution in [0.15, 0.2) is 41.1 Å². The predicted octanol–water partition coefficient (Wildman–Crippen LogP) is 5.90. The molecule has 40 heavy (non-hydrogen) atoms. The van der Waals surface area contributed by atoms with Gasteiger partial charge in [-0.25, -0.2) is 4.98 Å². The van der Waals surface area contributed by atoms with Gasteiger partial charge in [-0.1, -0.05) is 38.1 Å². The van der Waals surface area contributed by atoms with Gasteiger partial charge in [-0.05, 0) is 72.2 Å². The van der Waals surface area contributed by atoms with Crippen LogP contribution in [0.3, 0.4) is 0 Å². The lowest BCUT2D eigenvalue weighted by Crippen LogP contribution is -2.34. The van der Waals surface area contributed by atoms with E-state index in [1.54, 1.807) is 18.3 Å². The van der Waals surface area contributed by atoms with Crippen molar-refractivity contribution in [3.05, 3.63) is 59.4 Å². The highest BCUT2D eigenvalue weighted by Crippen LogP contribution is 2.36. The minimum Gasteiger partial charge on any atom is -0.331 e. The number of amides is 1. The number of benzene rings is 1. The second-order valence-corrected chi connectivity index (χ2v) is 11.7. The van der Waals surface area contributed by atoms with Gasteiger partial charge in [0.25, 0.3) is 5.89 Å². The molecule has 0 radical (unpaired) electrons. The van der Waals surface area contributed by atoms with Gasteiger partial charge in [0.05, 0.1) is 6.54 Å². The number of pyridine rings is 1. The van der Waals surface area contributed by atoms with E-state index in [1.807, 2.05) is 39.0 Å². The minimum absolute atomic E-state index is 0.0319. The molecule has 212 valence electrons. The number of hydrogen-bond acceptors (Lipinski definition) is 7. The van der Waals surface area contributed by atoms with Gasteiger partial charge < -0.3 is 9.84 Å². The number of carbonyl (C=O) groups is 2. The summed E-state index contributed by atoms with van der Waals surface area (Å²) in [5.74, 6) is 0.0890. The molecule has 1 aliphatic carbocycles. The Morgan fingerprint density at radius 1 is 1.07 bits per heavy atom. The van der Waals surface area contributed by atoms with E-state index in [4.69, 9.17) is 4.52 Å². The van der Waals surface area contributed by atoms with E-state index < -0.39 is 12.7 Å². The Balaban J connectivity index is 1.42. The largest absolute Gasteiger partial charge is 0.401 e. The first-order chi connectivity index (χ1) is 18.9. The lowest BCUT2D eigenvalue weighted by atomic mass is 9.87. The van der Waals surface area contributed by atoms with Crippen molar-refractivity contribution >= 4 is 17.5 Å². The summed E-state index contributed by atoms with van der Waals surface area (Å²) in [4.78, 5) is 35.2. The maximum atomic E-state index is 13.4. The Kier molecular flexibility index (Phi) is 7.52. The molecule has 8 nitrogen and oxygen atoms in total. The summed E-state index contributed by atoms with van der Waals surface area (Å²) >= 11 is 0. The number of fused-ring (bicyclic) bond motifs is 1. The Morgan fingerprint density at radius 2 is 1.82 bits per heavy atom. The molecule has 1 aliphatic heterocycles. The molecular weight excluding hydrogens is 523 g/mol. The van der Waals surface area contributed by atoms with Crippen LogP contribution >= 0.6 is 0 Å². The van der Waals surface area contributed by atoms with Crippen LogP contribution in [0.1, 0.15) is 80.0 Å². The highest BCUT2D eigenvalue weighted by molar-refractivity contribution is 5.94. The average Bonchev–Trinajstić information content (AvgIpc) is 3.63. The van der Waals surface area contributed by atoms with Crippen molar-refractivity contribution in [3.8, 4) is 11.1 Å². The fourth-order valence-electron chi connectivity index (χ4n) is 4.94. The summed E-state index contributed by atoms with van der Waals surface area (Å²) in [6, 6.07) is 9.20.